The van der Waals surface area contributed by atoms with E-state index in [1.165, 1.54) is 26.2 Å². The van der Waals surface area contributed by atoms with Gasteiger partial charge in [-0.3, -0.25) is 14.6 Å². The van der Waals surface area contributed by atoms with Crippen LogP contribution in [-0.4, -0.2) is 55.1 Å². The van der Waals surface area contributed by atoms with Crippen molar-refractivity contribution in [3.63, 3.8) is 0 Å². The Kier molecular flexibility index (Phi) is 8.09. The average molecular weight is 533 g/mol. The van der Waals surface area contributed by atoms with Crippen LogP contribution in [0.15, 0.2) is 60.4 Å². The van der Waals surface area contributed by atoms with E-state index >= 15 is 0 Å². The number of methoxy groups -OCH3 is 4. The highest BCUT2D eigenvalue weighted by atomic mass is 16.5. The van der Waals surface area contributed by atoms with Crippen molar-refractivity contribution in [2.45, 2.75) is 32.4 Å². The summed E-state index contributed by atoms with van der Waals surface area (Å²) in [5.41, 5.74) is 2.51. The Hall–Kier alpha value is -4.53. The maximum absolute atomic E-state index is 13.5. The summed E-state index contributed by atoms with van der Waals surface area (Å²) >= 11 is 0. The van der Waals surface area contributed by atoms with E-state index in [0.29, 0.717) is 34.1 Å². The van der Waals surface area contributed by atoms with E-state index in [-0.39, 0.29) is 23.8 Å². The Balaban J connectivity index is 1.96. The number of benzene rings is 2. The third kappa shape index (κ3) is 5.12. The van der Waals surface area contributed by atoms with Gasteiger partial charge in [0, 0.05) is 24.5 Å². The molecule has 1 aliphatic rings. The normalized spacial score (nSPS) is 16.5. The van der Waals surface area contributed by atoms with Crippen molar-refractivity contribution in [2.24, 2.45) is 0 Å². The quantitative estimate of drug-likeness (QED) is 0.237. The largest absolute Gasteiger partial charge is 0.507 e. The smallest absolute Gasteiger partial charge is 0.295 e. The maximum atomic E-state index is 13.5. The number of rotatable bonds is 9. The predicted octanol–water partition coefficient (Wildman–Crippen LogP) is 4.86. The number of ether oxygens (including phenoxy) is 4. The Morgan fingerprint density at radius 2 is 1.51 bits per heavy atom. The van der Waals surface area contributed by atoms with Gasteiger partial charge in [-0.05, 0) is 65.1 Å². The summed E-state index contributed by atoms with van der Waals surface area (Å²) in [5.74, 6) is 0.0294. The van der Waals surface area contributed by atoms with E-state index in [9.17, 15) is 14.7 Å². The molecule has 1 amide bonds. The van der Waals surface area contributed by atoms with Crippen LogP contribution in [-0.2, 0) is 16.1 Å². The number of aliphatic hydroxyl groups excluding tert-OH is 1. The van der Waals surface area contributed by atoms with Crippen molar-refractivity contribution in [2.75, 3.05) is 28.4 Å². The number of aliphatic hydroxyl groups is 1. The summed E-state index contributed by atoms with van der Waals surface area (Å²) in [7, 11) is 6.04. The molecule has 204 valence electrons. The van der Waals surface area contributed by atoms with E-state index in [2.05, 4.69) is 4.98 Å². The molecule has 4 rings (SSSR count). The first-order valence-corrected chi connectivity index (χ1v) is 12.4. The molecule has 0 aliphatic carbocycles. The van der Waals surface area contributed by atoms with Crippen LogP contribution in [0.3, 0.4) is 0 Å². The van der Waals surface area contributed by atoms with Gasteiger partial charge in [0.15, 0.2) is 11.5 Å². The summed E-state index contributed by atoms with van der Waals surface area (Å²) < 4.78 is 22.0. The number of carbonyl (C=O) groups excluding carboxylic acids is 2. The summed E-state index contributed by atoms with van der Waals surface area (Å²) in [5, 5.41) is 11.6. The van der Waals surface area contributed by atoms with Crippen LogP contribution in [0, 0.1) is 0 Å². The molecule has 3 aromatic rings. The summed E-state index contributed by atoms with van der Waals surface area (Å²) in [6, 6.07) is 11.1. The lowest BCUT2D eigenvalue weighted by atomic mass is 9.92. The highest BCUT2D eigenvalue weighted by molar-refractivity contribution is 6.46. The molecule has 1 aromatic heterocycles. The molecule has 0 bridgehead atoms. The van der Waals surface area contributed by atoms with Crippen molar-refractivity contribution < 1.29 is 33.6 Å². The second-order valence-corrected chi connectivity index (χ2v) is 9.35. The van der Waals surface area contributed by atoms with Crippen LogP contribution in [0.1, 0.15) is 48.1 Å². The minimum atomic E-state index is -0.934. The highest BCUT2D eigenvalue weighted by Gasteiger charge is 2.46. The fraction of sp³-hybridized carbons (Fsp3) is 0.300. The molecule has 9 heteroatoms. The number of hydrogen-bond donors (Lipinski definition) is 1. The molecule has 1 saturated heterocycles. The van der Waals surface area contributed by atoms with E-state index in [1.54, 1.807) is 62.0 Å². The zero-order chi connectivity index (χ0) is 28.3. The molecule has 9 nitrogen and oxygen atoms in total. The predicted molar refractivity (Wildman–Crippen MR) is 145 cm³/mol. The third-order valence-corrected chi connectivity index (χ3v) is 6.77. The third-order valence-electron chi connectivity index (χ3n) is 6.77. The van der Waals surface area contributed by atoms with Crippen molar-refractivity contribution in [1.29, 1.82) is 0 Å². The first kappa shape index (κ1) is 27.5. The molecule has 2 aromatic carbocycles. The van der Waals surface area contributed by atoms with Gasteiger partial charge in [0.05, 0.1) is 40.1 Å². The lowest BCUT2D eigenvalue weighted by Gasteiger charge is -2.26. The Bertz CT molecular complexity index is 1390. The van der Waals surface area contributed by atoms with Crippen LogP contribution in [0.2, 0.25) is 0 Å². The van der Waals surface area contributed by atoms with Gasteiger partial charge in [-0.2, -0.15) is 0 Å². The molecule has 2 heterocycles. The van der Waals surface area contributed by atoms with E-state index < -0.39 is 17.7 Å². The molecule has 1 aliphatic heterocycles. The van der Waals surface area contributed by atoms with E-state index in [1.807, 2.05) is 13.8 Å². The van der Waals surface area contributed by atoms with E-state index in [0.717, 1.165) is 11.1 Å². The number of aromatic nitrogens is 1. The molecular formula is C30H32N2O7. The zero-order valence-corrected chi connectivity index (χ0v) is 22.8. The lowest BCUT2D eigenvalue weighted by Crippen LogP contribution is -2.29. The summed E-state index contributed by atoms with van der Waals surface area (Å²) in [6.07, 6.45) is 3.23. The first-order valence-electron chi connectivity index (χ1n) is 12.4. The number of amides is 1. The number of carbonyl (C=O) groups is 2. The van der Waals surface area contributed by atoms with Gasteiger partial charge in [-0.1, -0.05) is 13.8 Å². The SMILES string of the molecule is COc1ccc(/C(O)=C2\C(=O)C(=O)N(Cc3ccncc3)C2c2cc(OC)c(OC)c(OC)c2)cc1C(C)C. The number of likely N-dealkylation sites (tertiary alicyclic amines) is 1. The monoisotopic (exact) mass is 532 g/mol. The van der Waals surface area contributed by atoms with Gasteiger partial charge in [0.1, 0.15) is 11.5 Å². The van der Waals surface area contributed by atoms with Gasteiger partial charge in [-0.15, -0.1) is 0 Å². The van der Waals surface area contributed by atoms with Crippen LogP contribution < -0.4 is 18.9 Å². The number of ketones is 1. The standard InChI is InChI=1S/C30H32N2O7/c1-17(2)21-13-19(7-8-22(21)36-3)27(33)25-26(20-14-23(37-4)29(39-6)24(15-20)38-5)32(30(35)28(25)34)16-18-9-11-31-12-10-18/h7-15,17,26,33H,16H2,1-6H3/b27-25+. The van der Waals surface area contributed by atoms with E-state index in [4.69, 9.17) is 18.9 Å². The number of Topliss-reactive ketones (excluding diaryl/α,β-unsaturated/α-hetero) is 1. The fourth-order valence-electron chi connectivity index (χ4n) is 4.82. The highest BCUT2D eigenvalue weighted by Crippen LogP contribution is 2.46. The lowest BCUT2D eigenvalue weighted by molar-refractivity contribution is -0.140. The Morgan fingerprint density at radius 3 is 2.05 bits per heavy atom. The Labute approximate surface area is 227 Å². The molecule has 1 fully saturated rings. The molecule has 1 unspecified atom stereocenters. The maximum Gasteiger partial charge on any atom is 0.295 e. The van der Waals surface area contributed by atoms with Crippen molar-refractivity contribution in [3.05, 3.63) is 82.7 Å². The van der Waals surface area contributed by atoms with Gasteiger partial charge < -0.3 is 29.0 Å². The number of pyridine rings is 1. The van der Waals surface area contributed by atoms with Gasteiger partial charge >= 0.3 is 0 Å². The topological polar surface area (TPSA) is 107 Å². The molecule has 0 saturated carbocycles. The van der Waals surface area contributed by atoms with Crippen molar-refractivity contribution in [1.82, 2.24) is 9.88 Å². The van der Waals surface area contributed by atoms with Gasteiger partial charge in [0.2, 0.25) is 5.75 Å². The van der Waals surface area contributed by atoms with Gasteiger partial charge in [0.25, 0.3) is 11.7 Å². The van der Waals surface area contributed by atoms with Crippen LogP contribution in [0.4, 0.5) is 0 Å². The van der Waals surface area contributed by atoms with Crippen LogP contribution >= 0.6 is 0 Å². The molecule has 0 spiro atoms. The second-order valence-electron chi connectivity index (χ2n) is 9.35. The zero-order valence-electron chi connectivity index (χ0n) is 22.8. The Morgan fingerprint density at radius 1 is 0.897 bits per heavy atom. The van der Waals surface area contributed by atoms with Crippen LogP contribution in [0.5, 0.6) is 23.0 Å². The first-order chi connectivity index (χ1) is 18.7. The summed E-state index contributed by atoms with van der Waals surface area (Å²) in [6.45, 7) is 4.13. The minimum Gasteiger partial charge on any atom is -0.507 e. The van der Waals surface area contributed by atoms with Crippen molar-refractivity contribution in [3.8, 4) is 23.0 Å². The second kappa shape index (κ2) is 11.5. The number of nitrogens with zero attached hydrogens (tertiary/aromatic N) is 2. The molecular weight excluding hydrogens is 500 g/mol. The molecule has 1 N–H and O–H groups in total. The number of hydrogen-bond acceptors (Lipinski definition) is 8. The average Bonchev–Trinajstić information content (AvgIpc) is 3.20. The summed E-state index contributed by atoms with van der Waals surface area (Å²) in [4.78, 5) is 32.5. The molecule has 0 radical (unpaired) electrons. The van der Waals surface area contributed by atoms with Gasteiger partial charge in [-0.25, -0.2) is 0 Å². The molecule has 39 heavy (non-hydrogen) atoms. The molecule has 1 atom stereocenters. The van der Waals surface area contributed by atoms with Crippen molar-refractivity contribution >= 4 is 17.4 Å². The minimum absolute atomic E-state index is 0.0387. The van der Waals surface area contributed by atoms with Crippen LogP contribution in [0.25, 0.3) is 5.76 Å². The fourth-order valence-corrected chi connectivity index (χ4v) is 4.82.